The SMILES string of the molecule is CCn1c(C(=O)NC2CCCCC2)nc(-c2ccc(Cl)cc2)c1-c1ccc(Cl)cc1Cl. The van der Waals surface area contributed by atoms with Gasteiger partial charge in [0.2, 0.25) is 0 Å². The molecule has 0 bridgehead atoms. The van der Waals surface area contributed by atoms with Gasteiger partial charge in [0.25, 0.3) is 5.91 Å². The van der Waals surface area contributed by atoms with Crippen LogP contribution >= 0.6 is 34.8 Å². The minimum Gasteiger partial charge on any atom is -0.347 e. The number of aromatic nitrogens is 2. The summed E-state index contributed by atoms with van der Waals surface area (Å²) in [6, 6.07) is 13.0. The van der Waals surface area contributed by atoms with E-state index in [-0.39, 0.29) is 11.9 Å². The molecule has 1 heterocycles. The van der Waals surface area contributed by atoms with Crippen molar-refractivity contribution in [3.05, 3.63) is 63.4 Å². The van der Waals surface area contributed by atoms with Crippen LogP contribution in [-0.2, 0) is 6.54 Å². The summed E-state index contributed by atoms with van der Waals surface area (Å²) < 4.78 is 1.93. The van der Waals surface area contributed by atoms with Gasteiger partial charge in [-0.1, -0.05) is 66.2 Å². The van der Waals surface area contributed by atoms with Crippen molar-refractivity contribution in [1.29, 1.82) is 0 Å². The molecule has 1 saturated carbocycles. The van der Waals surface area contributed by atoms with E-state index in [2.05, 4.69) is 5.32 Å². The summed E-state index contributed by atoms with van der Waals surface area (Å²) in [5, 5.41) is 4.89. The fraction of sp³-hybridized carbons (Fsp3) is 0.333. The first-order chi connectivity index (χ1) is 15.0. The number of benzene rings is 2. The fourth-order valence-electron chi connectivity index (χ4n) is 4.19. The van der Waals surface area contributed by atoms with Gasteiger partial charge in [-0.15, -0.1) is 0 Å². The van der Waals surface area contributed by atoms with Crippen LogP contribution in [0.1, 0.15) is 49.6 Å². The summed E-state index contributed by atoms with van der Waals surface area (Å²) in [6.07, 6.45) is 5.55. The first kappa shape index (κ1) is 22.2. The Morgan fingerprint density at radius 1 is 1.03 bits per heavy atom. The maximum Gasteiger partial charge on any atom is 0.287 e. The molecule has 0 saturated heterocycles. The van der Waals surface area contributed by atoms with Crippen molar-refractivity contribution in [3.8, 4) is 22.5 Å². The third-order valence-corrected chi connectivity index (χ3v) is 6.53. The molecule has 0 unspecified atom stereocenters. The van der Waals surface area contributed by atoms with Crippen LogP contribution in [0.25, 0.3) is 22.5 Å². The fourth-order valence-corrected chi connectivity index (χ4v) is 4.82. The smallest absolute Gasteiger partial charge is 0.287 e. The Morgan fingerprint density at radius 2 is 1.71 bits per heavy atom. The van der Waals surface area contributed by atoms with Crippen molar-refractivity contribution in [1.82, 2.24) is 14.9 Å². The van der Waals surface area contributed by atoms with Gasteiger partial charge >= 0.3 is 0 Å². The highest BCUT2D eigenvalue weighted by molar-refractivity contribution is 6.36. The number of rotatable bonds is 5. The van der Waals surface area contributed by atoms with Crippen LogP contribution in [0.5, 0.6) is 0 Å². The van der Waals surface area contributed by atoms with Gasteiger partial charge < -0.3 is 9.88 Å². The Bertz CT molecular complexity index is 1090. The molecule has 0 aliphatic heterocycles. The molecule has 0 atom stereocenters. The van der Waals surface area contributed by atoms with Crippen molar-refractivity contribution in [2.45, 2.75) is 51.6 Å². The molecule has 1 fully saturated rings. The van der Waals surface area contributed by atoms with E-state index in [1.807, 2.05) is 41.8 Å². The third kappa shape index (κ3) is 4.77. The number of nitrogens with one attached hydrogen (secondary N) is 1. The van der Waals surface area contributed by atoms with Gasteiger partial charge in [0.05, 0.1) is 16.4 Å². The Balaban J connectivity index is 1.84. The summed E-state index contributed by atoms with van der Waals surface area (Å²) >= 11 is 18.8. The maximum atomic E-state index is 13.2. The average Bonchev–Trinajstić information content (AvgIpc) is 3.14. The Morgan fingerprint density at radius 3 is 2.35 bits per heavy atom. The standard InChI is InChI=1S/C24H24Cl3N3O/c1-2-30-22(19-13-12-17(26)14-20(19)27)21(15-8-10-16(25)11-9-15)29-23(30)24(31)28-18-6-4-3-5-7-18/h8-14,18H,2-7H2,1H3,(H,28,31). The molecule has 1 N–H and O–H groups in total. The first-order valence-corrected chi connectivity index (χ1v) is 11.7. The molecule has 4 nitrogen and oxygen atoms in total. The van der Waals surface area contributed by atoms with Crippen LogP contribution in [0.3, 0.4) is 0 Å². The number of carbonyl (C=O) groups is 1. The highest BCUT2D eigenvalue weighted by Crippen LogP contribution is 2.38. The van der Waals surface area contributed by atoms with Gasteiger partial charge in [0.1, 0.15) is 0 Å². The number of halogens is 3. The molecule has 7 heteroatoms. The van der Waals surface area contributed by atoms with Crippen LogP contribution in [0.4, 0.5) is 0 Å². The summed E-state index contributed by atoms with van der Waals surface area (Å²) in [4.78, 5) is 18.0. The highest BCUT2D eigenvalue weighted by atomic mass is 35.5. The van der Waals surface area contributed by atoms with Crippen molar-refractivity contribution in [2.24, 2.45) is 0 Å². The number of hydrogen-bond acceptors (Lipinski definition) is 2. The molecule has 0 radical (unpaired) electrons. The second-order valence-electron chi connectivity index (χ2n) is 7.82. The van der Waals surface area contributed by atoms with E-state index >= 15 is 0 Å². The zero-order valence-electron chi connectivity index (χ0n) is 17.3. The van der Waals surface area contributed by atoms with Gasteiger partial charge in [-0.3, -0.25) is 4.79 Å². The van der Waals surface area contributed by atoms with Crippen molar-refractivity contribution in [2.75, 3.05) is 0 Å². The maximum absolute atomic E-state index is 13.2. The van der Waals surface area contributed by atoms with Crippen LogP contribution in [0.2, 0.25) is 15.1 Å². The van der Waals surface area contributed by atoms with Crippen molar-refractivity contribution >= 4 is 40.7 Å². The van der Waals surface area contributed by atoms with Crippen LogP contribution in [-0.4, -0.2) is 21.5 Å². The van der Waals surface area contributed by atoms with Gasteiger partial charge in [-0.2, -0.15) is 0 Å². The van der Waals surface area contributed by atoms with Crippen molar-refractivity contribution in [3.63, 3.8) is 0 Å². The van der Waals surface area contributed by atoms with E-state index in [0.29, 0.717) is 33.1 Å². The summed E-state index contributed by atoms with van der Waals surface area (Å²) in [7, 11) is 0. The molecule has 1 aliphatic rings. The molecule has 31 heavy (non-hydrogen) atoms. The first-order valence-electron chi connectivity index (χ1n) is 10.6. The molecule has 1 aromatic heterocycles. The molecule has 1 aliphatic carbocycles. The van der Waals surface area contributed by atoms with E-state index in [9.17, 15) is 4.79 Å². The molecule has 1 amide bonds. The second-order valence-corrected chi connectivity index (χ2v) is 9.10. The number of imidazole rings is 1. The number of amides is 1. The quantitative estimate of drug-likeness (QED) is 0.421. The van der Waals surface area contributed by atoms with Gasteiger partial charge in [-0.25, -0.2) is 4.98 Å². The van der Waals surface area contributed by atoms with E-state index < -0.39 is 0 Å². The van der Waals surface area contributed by atoms with Crippen molar-refractivity contribution < 1.29 is 4.79 Å². The zero-order chi connectivity index (χ0) is 22.0. The Hall–Kier alpha value is -2.01. The summed E-state index contributed by atoms with van der Waals surface area (Å²) in [5.74, 6) is 0.235. The Kier molecular flexibility index (Phi) is 6.90. The van der Waals surface area contributed by atoms with Crippen LogP contribution in [0, 0.1) is 0 Å². The number of carbonyl (C=O) groups excluding carboxylic acids is 1. The monoisotopic (exact) mass is 475 g/mol. The predicted octanol–water partition coefficient (Wildman–Crippen LogP) is 7.26. The minimum absolute atomic E-state index is 0.153. The molecule has 4 rings (SSSR count). The lowest BCUT2D eigenvalue weighted by Crippen LogP contribution is -2.37. The molecule has 162 valence electrons. The topological polar surface area (TPSA) is 46.9 Å². The number of nitrogens with zero attached hydrogens (tertiary/aromatic N) is 2. The Labute approximate surface area is 197 Å². The largest absolute Gasteiger partial charge is 0.347 e. The van der Waals surface area contributed by atoms with E-state index in [1.165, 1.54) is 6.42 Å². The van der Waals surface area contributed by atoms with E-state index in [4.69, 9.17) is 39.8 Å². The van der Waals surface area contributed by atoms with Gasteiger partial charge in [0, 0.05) is 33.8 Å². The number of hydrogen-bond donors (Lipinski definition) is 1. The molecule has 2 aromatic carbocycles. The lowest BCUT2D eigenvalue weighted by molar-refractivity contribution is 0.0913. The third-order valence-electron chi connectivity index (χ3n) is 5.73. The summed E-state index contributed by atoms with van der Waals surface area (Å²) in [6.45, 7) is 2.57. The van der Waals surface area contributed by atoms with Crippen LogP contribution < -0.4 is 5.32 Å². The van der Waals surface area contributed by atoms with E-state index in [0.717, 1.165) is 42.5 Å². The molecular weight excluding hydrogens is 453 g/mol. The predicted molar refractivity (Wildman–Crippen MR) is 128 cm³/mol. The molecule has 3 aromatic rings. The molecular formula is C24H24Cl3N3O. The van der Waals surface area contributed by atoms with Crippen LogP contribution in [0.15, 0.2) is 42.5 Å². The molecule has 0 spiro atoms. The summed E-state index contributed by atoms with van der Waals surface area (Å²) in [5.41, 5.74) is 3.13. The lowest BCUT2D eigenvalue weighted by atomic mass is 9.95. The van der Waals surface area contributed by atoms with Gasteiger partial charge in [-0.05, 0) is 50.1 Å². The van der Waals surface area contributed by atoms with Gasteiger partial charge in [0.15, 0.2) is 5.82 Å². The normalized spacial score (nSPS) is 14.6. The zero-order valence-corrected chi connectivity index (χ0v) is 19.6. The lowest BCUT2D eigenvalue weighted by Gasteiger charge is -2.22. The average molecular weight is 477 g/mol. The minimum atomic E-state index is -0.153. The second kappa shape index (κ2) is 9.64. The van der Waals surface area contributed by atoms with E-state index in [1.54, 1.807) is 12.1 Å². The highest BCUT2D eigenvalue weighted by Gasteiger charge is 2.26.